The van der Waals surface area contributed by atoms with E-state index in [1.165, 1.54) is 11.7 Å². The minimum atomic E-state index is -3.00. The van der Waals surface area contributed by atoms with Crippen LogP contribution in [0.25, 0.3) is 0 Å². The van der Waals surface area contributed by atoms with Crippen LogP contribution in [0.5, 0.6) is 0 Å². The highest BCUT2D eigenvalue weighted by Crippen LogP contribution is 2.06. The van der Waals surface area contributed by atoms with Crippen LogP contribution in [0.3, 0.4) is 0 Å². The second-order valence-electron chi connectivity index (χ2n) is 3.33. The Bertz CT molecular complexity index is 289. The van der Waals surface area contributed by atoms with E-state index in [9.17, 15) is 8.42 Å². The van der Waals surface area contributed by atoms with Crippen LogP contribution in [-0.2, 0) is 9.84 Å². The summed E-state index contributed by atoms with van der Waals surface area (Å²) in [5.41, 5.74) is 0.837. The predicted molar refractivity (Wildman–Crippen MR) is 53.0 cm³/mol. The summed E-state index contributed by atoms with van der Waals surface area (Å²) in [6.45, 7) is 5.46. The second kappa shape index (κ2) is 4.11. The zero-order valence-electron chi connectivity index (χ0n) is 8.08. The van der Waals surface area contributed by atoms with Crippen molar-refractivity contribution in [2.45, 2.75) is 6.92 Å². The maximum atomic E-state index is 11.0. The Morgan fingerprint density at radius 3 is 2.38 bits per heavy atom. The quantitative estimate of drug-likeness (QED) is 0.676. The molecule has 0 unspecified atom stereocenters. The number of hydrogen-bond donors (Lipinski definition) is 1. The van der Waals surface area contributed by atoms with Gasteiger partial charge in [0, 0.05) is 43.5 Å². The number of allylic oxidation sites excluding steroid dienone is 1. The summed E-state index contributed by atoms with van der Waals surface area (Å²) in [7, 11) is -3.00. The summed E-state index contributed by atoms with van der Waals surface area (Å²) < 4.78 is 21.9. The van der Waals surface area contributed by atoms with Crippen LogP contribution in [-0.4, -0.2) is 45.8 Å². The normalized spacial score (nSPS) is 20.5. The molecule has 0 atom stereocenters. The Hall–Kier alpha value is -0.550. The van der Waals surface area contributed by atoms with Gasteiger partial charge in [-0.05, 0) is 6.92 Å². The standard InChI is InChI=1S/C8H16N2O2S/c1-8(7-13(2,11)12)10-5-3-9-4-6-10/h7,9H,3-6H2,1-2H3/b8-7+. The maximum Gasteiger partial charge on any atom is 0.170 e. The predicted octanol–water partition coefficient (Wildman–Crippen LogP) is -0.202. The van der Waals surface area contributed by atoms with Crippen molar-refractivity contribution in [2.24, 2.45) is 0 Å². The van der Waals surface area contributed by atoms with Gasteiger partial charge in [-0.3, -0.25) is 0 Å². The molecule has 5 heteroatoms. The zero-order valence-corrected chi connectivity index (χ0v) is 8.89. The highest BCUT2D eigenvalue weighted by atomic mass is 32.2. The molecule has 0 aliphatic carbocycles. The largest absolute Gasteiger partial charge is 0.372 e. The summed E-state index contributed by atoms with van der Waals surface area (Å²) in [5.74, 6) is 0. The fraction of sp³-hybridized carbons (Fsp3) is 0.750. The molecule has 1 saturated heterocycles. The van der Waals surface area contributed by atoms with Gasteiger partial charge in [-0.15, -0.1) is 0 Å². The van der Waals surface area contributed by atoms with Gasteiger partial charge in [0.1, 0.15) is 0 Å². The number of rotatable bonds is 2. The maximum absolute atomic E-state index is 11.0. The monoisotopic (exact) mass is 204 g/mol. The van der Waals surface area contributed by atoms with Crippen molar-refractivity contribution in [3.63, 3.8) is 0 Å². The van der Waals surface area contributed by atoms with Crippen molar-refractivity contribution in [2.75, 3.05) is 32.4 Å². The van der Waals surface area contributed by atoms with E-state index in [2.05, 4.69) is 10.2 Å². The summed E-state index contributed by atoms with van der Waals surface area (Å²) in [6, 6.07) is 0. The molecule has 0 aromatic carbocycles. The highest BCUT2D eigenvalue weighted by Gasteiger charge is 2.10. The van der Waals surface area contributed by atoms with Gasteiger partial charge in [0.05, 0.1) is 0 Å². The van der Waals surface area contributed by atoms with Crippen LogP contribution in [0, 0.1) is 0 Å². The Morgan fingerprint density at radius 1 is 1.38 bits per heavy atom. The van der Waals surface area contributed by atoms with E-state index >= 15 is 0 Å². The first-order valence-corrected chi connectivity index (χ1v) is 6.28. The average Bonchev–Trinajstić information content (AvgIpc) is 2.03. The van der Waals surface area contributed by atoms with Gasteiger partial charge in [-0.1, -0.05) is 0 Å². The molecule has 1 heterocycles. The molecule has 0 amide bonds. The van der Waals surface area contributed by atoms with Crippen molar-refractivity contribution in [1.29, 1.82) is 0 Å². The second-order valence-corrected chi connectivity index (χ2v) is 5.22. The van der Waals surface area contributed by atoms with Crippen LogP contribution < -0.4 is 5.32 Å². The van der Waals surface area contributed by atoms with Crippen molar-refractivity contribution < 1.29 is 8.42 Å². The third-order valence-electron chi connectivity index (χ3n) is 2.00. The molecule has 0 aromatic heterocycles. The van der Waals surface area contributed by atoms with Crippen LogP contribution in [0.15, 0.2) is 11.1 Å². The van der Waals surface area contributed by atoms with Gasteiger partial charge in [0.2, 0.25) is 0 Å². The third kappa shape index (κ3) is 3.78. The van der Waals surface area contributed by atoms with Crippen LogP contribution >= 0.6 is 0 Å². The SMILES string of the molecule is C/C(=C\S(C)(=O)=O)N1CCNCC1. The highest BCUT2D eigenvalue weighted by molar-refractivity contribution is 7.93. The molecule has 0 spiro atoms. The molecule has 4 nitrogen and oxygen atoms in total. The lowest BCUT2D eigenvalue weighted by Crippen LogP contribution is -2.42. The van der Waals surface area contributed by atoms with E-state index in [1.54, 1.807) is 0 Å². The molecule has 1 N–H and O–H groups in total. The van der Waals surface area contributed by atoms with Crippen molar-refractivity contribution in [1.82, 2.24) is 10.2 Å². The first-order valence-electron chi connectivity index (χ1n) is 4.33. The van der Waals surface area contributed by atoms with Gasteiger partial charge in [-0.2, -0.15) is 0 Å². The first-order chi connectivity index (χ1) is 5.99. The van der Waals surface area contributed by atoms with Gasteiger partial charge in [0.25, 0.3) is 0 Å². The Kier molecular flexibility index (Phi) is 3.33. The number of nitrogens with one attached hydrogen (secondary N) is 1. The van der Waals surface area contributed by atoms with E-state index in [4.69, 9.17) is 0 Å². The van der Waals surface area contributed by atoms with Crippen molar-refractivity contribution in [3.05, 3.63) is 11.1 Å². The molecule has 0 radical (unpaired) electrons. The zero-order chi connectivity index (χ0) is 9.90. The minimum Gasteiger partial charge on any atom is -0.372 e. The van der Waals surface area contributed by atoms with Crippen LogP contribution in [0.1, 0.15) is 6.92 Å². The van der Waals surface area contributed by atoms with Crippen LogP contribution in [0.4, 0.5) is 0 Å². The Morgan fingerprint density at radius 2 is 1.92 bits per heavy atom. The topological polar surface area (TPSA) is 49.4 Å². The lowest BCUT2D eigenvalue weighted by atomic mass is 10.3. The lowest BCUT2D eigenvalue weighted by Gasteiger charge is -2.29. The third-order valence-corrected chi connectivity index (χ3v) is 2.77. The number of sulfone groups is 1. The molecule has 76 valence electrons. The summed E-state index contributed by atoms with van der Waals surface area (Å²) in [5, 5.41) is 4.55. The van der Waals surface area contributed by atoms with E-state index in [0.717, 1.165) is 31.9 Å². The number of hydrogen-bond acceptors (Lipinski definition) is 4. The summed E-state index contributed by atoms with van der Waals surface area (Å²) in [4.78, 5) is 2.08. The van der Waals surface area contributed by atoms with Gasteiger partial charge < -0.3 is 10.2 Å². The molecule has 0 aromatic rings. The minimum absolute atomic E-state index is 0.837. The van der Waals surface area contributed by atoms with E-state index in [-0.39, 0.29) is 0 Å². The van der Waals surface area contributed by atoms with Crippen molar-refractivity contribution >= 4 is 9.84 Å². The van der Waals surface area contributed by atoms with Gasteiger partial charge in [0.15, 0.2) is 9.84 Å². The molecular formula is C8H16N2O2S. The van der Waals surface area contributed by atoms with Crippen LogP contribution in [0.2, 0.25) is 0 Å². The molecule has 0 bridgehead atoms. The number of piperazine rings is 1. The molecule has 1 rings (SSSR count). The van der Waals surface area contributed by atoms with Gasteiger partial charge in [-0.25, -0.2) is 8.42 Å². The Balaban J connectivity index is 2.65. The summed E-state index contributed by atoms with van der Waals surface area (Å²) in [6.07, 6.45) is 1.22. The molecule has 13 heavy (non-hydrogen) atoms. The molecule has 1 aliphatic rings. The molecule has 0 saturated carbocycles. The number of nitrogens with zero attached hydrogens (tertiary/aromatic N) is 1. The van der Waals surface area contributed by atoms with E-state index in [0.29, 0.717) is 0 Å². The lowest BCUT2D eigenvalue weighted by molar-refractivity contribution is 0.300. The van der Waals surface area contributed by atoms with E-state index in [1.807, 2.05) is 6.92 Å². The summed E-state index contributed by atoms with van der Waals surface area (Å²) >= 11 is 0. The fourth-order valence-corrected chi connectivity index (χ4v) is 2.17. The fourth-order valence-electron chi connectivity index (χ4n) is 1.40. The first kappa shape index (κ1) is 10.5. The molecular weight excluding hydrogens is 188 g/mol. The molecule has 1 fully saturated rings. The van der Waals surface area contributed by atoms with E-state index < -0.39 is 9.84 Å². The van der Waals surface area contributed by atoms with Gasteiger partial charge >= 0.3 is 0 Å². The smallest absolute Gasteiger partial charge is 0.170 e. The Labute approximate surface area is 79.5 Å². The average molecular weight is 204 g/mol. The van der Waals surface area contributed by atoms with Crippen molar-refractivity contribution in [3.8, 4) is 0 Å². The molecule has 1 aliphatic heterocycles.